The summed E-state index contributed by atoms with van der Waals surface area (Å²) >= 11 is 0. The van der Waals surface area contributed by atoms with Crippen LogP contribution in [0, 0.1) is 6.92 Å². The highest BCUT2D eigenvalue weighted by Gasteiger charge is 2.50. The quantitative estimate of drug-likeness (QED) is 0.828. The van der Waals surface area contributed by atoms with Crippen LogP contribution in [0.3, 0.4) is 0 Å². The second-order valence-electron chi connectivity index (χ2n) is 6.64. The number of hydrogen-bond donors (Lipinski definition) is 2. The SMILES string of the molecule is Cc1ccc(C2(C(=O)NCCc3ccc(S(N)(=O)=O)cc3)CC2)cc1. The first kappa shape index (κ1) is 17.6. The molecule has 132 valence electrons. The van der Waals surface area contributed by atoms with Gasteiger partial charge >= 0.3 is 0 Å². The van der Waals surface area contributed by atoms with Gasteiger partial charge in [0.1, 0.15) is 0 Å². The number of carbonyl (C=O) groups excluding carboxylic acids is 1. The van der Waals surface area contributed by atoms with E-state index >= 15 is 0 Å². The fraction of sp³-hybridized carbons (Fsp3) is 0.316. The lowest BCUT2D eigenvalue weighted by molar-refractivity contribution is -0.123. The maximum Gasteiger partial charge on any atom is 0.238 e. The lowest BCUT2D eigenvalue weighted by atomic mass is 9.94. The third-order valence-electron chi connectivity index (χ3n) is 4.74. The van der Waals surface area contributed by atoms with Crippen molar-refractivity contribution in [3.05, 3.63) is 65.2 Å². The molecule has 0 aromatic heterocycles. The highest BCUT2D eigenvalue weighted by atomic mass is 32.2. The Labute approximate surface area is 148 Å². The third kappa shape index (κ3) is 3.91. The highest BCUT2D eigenvalue weighted by Crippen LogP contribution is 2.48. The Kier molecular flexibility index (Phi) is 4.67. The molecule has 0 radical (unpaired) electrons. The number of primary sulfonamides is 1. The van der Waals surface area contributed by atoms with Gasteiger partial charge in [0.15, 0.2) is 0 Å². The number of sulfonamides is 1. The second kappa shape index (κ2) is 6.61. The van der Waals surface area contributed by atoms with Crippen molar-refractivity contribution >= 4 is 15.9 Å². The van der Waals surface area contributed by atoms with Gasteiger partial charge in [-0.05, 0) is 49.4 Å². The molecule has 1 fully saturated rings. The summed E-state index contributed by atoms with van der Waals surface area (Å²) in [5.41, 5.74) is 2.84. The van der Waals surface area contributed by atoms with Crippen LogP contribution in [0.15, 0.2) is 53.4 Å². The standard InChI is InChI=1S/C19H22N2O3S/c1-14-2-6-16(7-3-14)19(11-12-19)18(22)21-13-10-15-4-8-17(9-5-15)25(20,23)24/h2-9H,10-13H2,1H3,(H,21,22)(H2,20,23,24). The molecule has 6 heteroatoms. The van der Waals surface area contributed by atoms with E-state index in [9.17, 15) is 13.2 Å². The molecular weight excluding hydrogens is 336 g/mol. The molecule has 0 bridgehead atoms. The summed E-state index contributed by atoms with van der Waals surface area (Å²) in [5, 5.41) is 8.09. The highest BCUT2D eigenvalue weighted by molar-refractivity contribution is 7.89. The van der Waals surface area contributed by atoms with Gasteiger partial charge < -0.3 is 5.32 Å². The number of rotatable bonds is 6. The minimum Gasteiger partial charge on any atom is -0.355 e. The molecule has 1 aliphatic carbocycles. The third-order valence-corrected chi connectivity index (χ3v) is 5.67. The van der Waals surface area contributed by atoms with Gasteiger partial charge in [0.05, 0.1) is 10.3 Å². The zero-order valence-electron chi connectivity index (χ0n) is 14.2. The van der Waals surface area contributed by atoms with E-state index in [0.29, 0.717) is 13.0 Å². The van der Waals surface area contributed by atoms with Gasteiger partial charge in [-0.2, -0.15) is 0 Å². The number of benzene rings is 2. The minimum absolute atomic E-state index is 0.0671. The first-order valence-corrected chi connectivity index (χ1v) is 9.83. The van der Waals surface area contributed by atoms with Crippen LogP contribution in [0.25, 0.3) is 0 Å². The lowest BCUT2D eigenvalue weighted by Gasteiger charge is -2.16. The molecule has 0 atom stereocenters. The van der Waals surface area contributed by atoms with Crippen molar-refractivity contribution in [3.63, 3.8) is 0 Å². The smallest absolute Gasteiger partial charge is 0.238 e. The van der Waals surface area contributed by atoms with Gasteiger partial charge in [0, 0.05) is 6.54 Å². The topological polar surface area (TPSA) is 89.3 Å². The summed E-state index contributed by atoms with van der Waals surface area (Å²) in [6.07, 6.45) is 2.40. The molecule has 0 saturated heterocycles. The predicted octanol–water partition coefficient (Wildman–Crippen LogP) is 2.03. The molecule has 1 amide bonds. The molecule has 5 nitrogen and oxygen atoms in total. The molecule has 0 spiro atoms. The average Bonchev–Trinajstić information content (AvgIpc) is 3.37. The van der Waals surface area contributed by atoms with Crippen LogP contribution in [0.5, 0.6) is 0 Å². The first-order valence-electron chi connectivity index (χ1n) is 8.28. The van der Waals surface area contributed by atoms with Crippen LogP contribution in [0.2, 0.25) is 0 Å². The van der Waals surface area contributed by atoms with Gasteiger partial charge in [-0.25, -0.2) is 13.6 Å². The Hall–Kier alpha value is -2.18. The maximum atomic E-state index is 12.6. The van der Waals surface area contributed by atoms with Crippen LogP contribution in [-0.4, -0.2) is 20.9 Å². The molecule has 2 aromatic rings. The predicted molar refractivity (Wildman–Crippen MR) is 96.6 cm³/mol. The van der Waals surface area contributed by atoms with E-state index in [2.05, 4.69) is 5.32 Å². The number of amides is 1. The molecular formula is C19H22N2O3S. The number of aryl methyl sites for hydroxylation is 1. The lowest BCUT2D eigenvalue weighted by Crippen LogP contribution is -2.35. The summed E-state index contributed by atoms with van der Waals surface area (Å²) in [5.74, 6) is 0.0671. The summed E-state index contributed by atoms with van der Waals surface area (Å²) < 4.78 is 22.5. The number of carbonyl (C=O) groups is 1. The summed E-state index contributed by atoms with van der Waals surface area (Å²) in [6.45, 7) is 2.55. The Balaban J connectivity index is 1.57. The number of nitrogens with two attached hydrogens (primary N) is 1. The first-order chi connectivity index (χ1) is 11.8. The van der Waals surface area contributed by atoms with Crippen LogP contribution in [0.4, 0.5) is 0 Å². The zero-order valence-corrected chi connectivity index (χ0v) is 15.0. The fourth-order valence-electron chi connectivity index (χ4n) is 2.98. The van der Waals surface area contributed by atoms with Gasteiger partial charge in [-0.15, -0.1) is 0 Å². The van der Waals surface area contributed by atoms with Crippen LogP contribution < -0.4 is 10.5 Å². The van der Waals surface area contributed by atoms with Crippen LogP contribution >= 0.6 is 0 Å². The molecule has 25 heavy (non-hydrogen) atoms. The van der Waals surface area contributed by atoms with E-state index in [-0.39, 0.29) is 16.2 Å². The van der Waals surface area contributed by atoms with Gasteiger partial charge in [0.25, 0.3) is 0 Å². The number of hydrogen-bond acceptors (Lipinski definition) is 3. The molecule has 2 aromatic carbocycles. The largest absolute Gasteiger partial charge is 0.355 e. The van der Waals surface area contributed by atoms with E-state index < -0.39 is 10.0 Å². The summed E-state index contributed by atoms with van der Waals surface area (Å²) in [7, 11) is -3.67. The molecule has 0 aliphatic heterocycles. The van der Waals surface area contributed by atoms with Gasteiger partial charge in [-0.3, -0.25) is 4.79 Å². The summed E-state index contributed by atoms with van der Waals surface area (Å²) in [4.78, 5) is 12.7. The van der Waals surface area contributed by atoms with Crippen molar-refractivity contribution in [2.45, 2.75) is 36.5 Å². The van der Waals surface area contributed by atoms with Gasteiger partial charge in [-0.1, -0.05) is 42.0 Å². The van der Waals surface area contributed by atoms with Crippen molar-refractivity contribution in [1.29, 1.82) is 0 Å². The fourth-order valence-corrected chi connectivity index (χ4v) is 3.50. The Morgan fingerprint density at radius 1 is 1.08 bits per heavy atom. The zero-order chi connectivity index (χ0) is 18.1. The van der Waals surface area contributed by atoms with Crippen LogP contribution in [-0.2, 0) is 26.7 Å². The van der Waals surface area contributed by atoms with E-state index in [1.54, 1.807) is 12.1 Å². The van der Waals surface area contributed by atoms with Crippen molar-refractivity contribution in [2.75, 3.05) is 6.54 Å². The van der Waals surface area contributed by atoms with E-state index in [1.807, 2.05) is 31.2 Å². The maximum absolute atomic E-state index is 12.6. The normalized spacial score (nSPS) is 15.6. The molecule has 0 unspecified atom stereocenters. The molecule has 3 rings (SSSR count). The van der Waals surface area contributed by atoms with E-state index in [1.165, 1.54) is 17.7 Å². The monoisotopic (exact) mass is 358 g/mol. The Bertz CT molecular complexity index is 868. The van der Waals surface area contributed by atoms with Crippen LogP contribution in [0.1, 0.15) is 29.5 Å². The Morgan fingerprint density at radius 3 is 2.20 bits per heavy atom. The molecule has 3 N–H and O–H groups in total. The van der Waals surface area contributed by atoms with Crippen molar-refractivity contribution in [1.82, 2.24) is 5.32 Å². The van der Waals surface area contributed by atoms with Crippen molar-refractivity contribution in [3.8, 4) is 0 Å². The second-order valence-corrected chi connectivity index (χ2v) is 8.20. The van der Waals surface area contributed by atoms with E-state index in [0.717, 1.165) is 24.0 Å². The van der Waals surface area contributed by atoms with E-state index in [4.69, 9.17) is 5.14 Å². The van der Waals surface area contributed by atoms with Crippen molar-refractivity contribution in [2.24, 2.45) is 5.14 Å². The molecule has 1 aliphatic rings. The molecule has 0 heterocycles. The average molecular weight is 358 g/mol. The van der Waals surface area contributed by atoms with Gasteiger partial charge in [0.2, 0.25) is 15.9 Å². The minimum atomic E-state index is -3.67. The Morgan fingerprint density at radius 2 is 1.68 bits per heavy atom. The van der Waals surface area contributed by atoms with Crippen molar-refractivity contribution < 1.29 is 13.2 Å². The number of nitrogens with one attached hydrogen (secondary N) is 1. The molecule has 1 saturated carbocycles. The summed E-state index contributed by atoms with van der Waals surface area (Å²) in [6, 6.07) is 14.6.